The summed E-state index contributed by atoms with van der Waals surface area (Å²) in [5.74, 6) is 0.0621. The Morgan fingerprint density at radius 1 is 1.26 bits per heavy atom. The van der Waals surface area contributed by atoms with Crippen LogP contribution < -0.4 is 10.4 Å². The first-order chi connectivity index (χ1) is 9.08. The molecule has 0 saturated heterocycles. The Kier molecular flexibility index (Phi) is 2.66. The summed E-state index contributed by atoms with van der Waals surface area (Å²) in [7, 11) is 0. The molecule has 0 amide bonds. The second kappa shape index (κ2) is 4.23. The molecular weight excluding hydrogens is 244 g/mol. The van der Waals surface area contributed by atoms with Crippen molar-refractivity contribution < 1.29 is 13.9 Å². The van der Waals surface area contributed by atoms with E-state index in [-0.39, 0.29) is 11.6 Å². The lowest BCUT2D eigenvalue weighted by molar-refractivity contribution is -0.131. The fourth-order valence-corrected chi connectivity index (χ4v) is 2.73. The van der Waals surface area contributed by atoms with E-state index in [2.05, 4.69) is 0 Å². The highest BCUT2D eigenvalue weighted by Crippen LogP contribution is 2.32. The number of benzene rings is 1. The molecule has 0 bridgehead atoms. The molecule has 1 aliphatic carbocycles. The van der Waals surface area contributed by atoms with E-state index in [4.69, 9.17) is 9.15 Å². The van der Waals surface area contributed by atoms with Crippen molar-refractivity contribution in [2.75, 3.05) is 0 Å². The van der Waals surface area contributed by atoms with Gasteiger partial charge in [-0.3, -0.25) is 4.79 Å². The average molecular weight is 258 g/mol. The van der Waals surface area contributed by atoms with Gasteiger partial charge >= 0.3 is 11.6 Å². The summed E-state index contributed by atoms with van der Waals surface area (Å²) in [4.78, 5) is 23.0. The lowest BCUT2D eigenvalue weighted by atomic mass is 10.0. The molecule has 19 heavy (non-hydrogen) atoms. The predicted octanol–water partition coefficient (Wildman–Crippen LogP) is 2.52. The van der Waals surface area contributed by atoms with E-state index in [1.807, 2.05) is 6.07 Å². The zero-order valence-corrected chi connectivity index (χ0v) is 10.9. The van der Waals surface area contributed by atoms with E-state index in [9.17, 15) is 9.59 Å². The number of carbonyl (C=O) groups excluding carboxylic acids is 1. The Hall–Kier alpha value is -2.10. The first-order valence-electron chi connectivity index (χ1n) is 6.34. The quantitative estimate of drug-likeness (QED) is 0.448. The number of hydrogen-bond acceptors (Lipinski definition) is 4. The highest BCUT2D eigenvalue weighted by Gasteiger charge is 2.21. The lowest BCUT2D eigenvalue weighted by Crippen LogP contribution is -2.08. The fraction of sp³-hybridized carbons (Fsp3) is 0.333. The summed E-state index contributed by atoms with van der Waals surface area (Å²) in [6, 6.07) is 3.63. The van der Waals surface area contributed by atoms with Crippen LogP contribution in [0.25, 0.3) is 11.0 Å². The van der Waals surface area contributed by atoms with Gasteiger partial charge in [0.2, 0.25) is 0 Å². The number of aryl methyl sites for hydroxylation is 2. The van der Waals surface area contributed by atoms with Crippen molar-refractivity contribution >= 4 is 16.9 Å². The predicted molar refractivity (Wildman–Crippen MR) is 70.6 cm³/mol. The molecule has 0 saturated carbocycles. The monoisotopic (exact) mass is 258 g/mol. The fourth-order valence-electron chi connectivity index (χ4n) is 2.73. The van der Waals surface area contributed by atoms with Crippen molar-refractivity contribution in [1.82, 2.24) is 0 Å². The topological polar surface area (TPSA) is 56.5 Å². The summed E-state index contributed by atoms with van der Waals surface area (Å²) in [6.07, 6.45) is 2.69. The van der Waals surface area contributed by atoms with Crippen LogP contribution in [0.15, 0.2) is 21.3 Å². The molecule has 2 aromatic rings. The third-order valence-electron chi connectivity index (χ3n) is 3.59. The highest BCUT2D eigenvalue weighted by molar-refractivity contribution is 5.87. The van der Waals surface area contributed by atoms with Crippen LogP contribution in [0.1, 0.15) is 30.0 Å². The van der Waals surface area contributed by atoms with Crippen LogP contribution >= 0.6 is 0 Å². The van der Waals surface area contributed by atoms with Gasteiger partial charge in [-0.1, -0.05) is 0 Å². The maximum Gasteiger partial charge on any atom is 0.339 e. The number of ether oxygens (including phenoxy) is 1. The van der Waals surface area contributed by atoms with Crippen molar-refractivity contribution in [1.29, 1.82) is 0 Å². The van der Waals surface area contributed by atoms with Crippen LogP contribution in [0.5, 0.6) is 5.75 Å². The Balaban J connectivity index is 2.30. The minimum atomic E-state index is -0.383. The molecule has 0 fully saturated rings. The molecule has 0 spiro atoms. The second-order valence-corrected chi connectivity index (χ2v) is 4.86. The number of hydrogen-bond donors (Lipinski definition) is 0. The van der Waals surface area contributed by atoms with Gasteiger partial charge in [-0.2, -0.15) is 0 Å². The van der Waals surface area contributed by atoms with Crippen LogP contribution in [-0.2, 0) is 17.6 Å². The van der Waals surface area contributed by atoms with Gasteiger partial charge in [0.1, 0.15) is 11.3 Å². The van der Waals surface area contributed by atoms with Crippen LogP contribution in [0.2, 0.25) is 0 Å². The maximum atomic E-state index is 11.9. The van der Waals surface area contributed by atoms with E-state index >= 15 is 0 Å². The number of fused-ring (bicyclic) bond motifs is 3. The highest BCUT2D eigenvalue weighted by atomic mass is 16.5. The first kappa shape index (κ1) is 12.0. The molecule has 1 aliphatic rings. The Morgan fingerprint density at radius 2 is 2.00 bits per heavy atom. The molecule has 0 unspecified atom stereocenters. The molecule has 1 aromatic carbocycles. The third kappa shape index (κ3) is 1.84. The first-order valence-corrected chi connectivity index (χ1v) is 6.34. The van der Waals surface area contributed by atoms with E-state index in [0.29, 0.717) is 16.9 Å². The Bertz CT molecular complexity index is 740. The van der Waals surface area contributed by atoms with Gasteiger partial charge in [0.15, 0.2) is 0 Å². The lowest BCUT2D eigenvalue weighted by Gasteiger charge is -2.10. The number of carbonyl (C=O) groups is 1. The van der Waals surface area contributed by atoms with Gasteiger partial charge in [0.05, 0.1) is 0 Å². The second-order valence-electron chi connectivity index (χ2n) is 4.86. The Labute approximate surface area is 110 Å². The van der Waals surface area contributed by atoms with Gasteiger partial charge in [0, 0.05) is 23.4 Å². The molecular formula is C15H14O4. The van der Waals surface area contributed by atoms with Crippen LogP contribution in [0, 0.1) is 6.92 Å². The molecule has 0 atom stereocenters. The molecule has 1 heterocycles. The van der Waals surface area contributed by atoms with E-state index in [1.54, 1.807) is 13.0 Å². The smallest absolute Gasteiger partial charge is 0.339 e. The average Bonchev–Trinajstić information content (AvgIpc) is 2.83. The number of esters is 1. The molecule has 4 nitrogen and oxygen atoms in total. The minimum absolute atomic E-state index is 0.261. The SMILES string of the molecule is CC(=O)Oc1ccc2c3c(c(=O)oc2c1C)CCC3. The molecule has 1 aromatic heterocycles. The van der Waals surface area contributed by atoms with Crippen molar-refractivity contribution in [2.45, 2.75) is 33.1 Å². The Morgan fingerprint density at radius 3 is 2.74 bits per heavy atom. The van der Waals surface area contributed by atoms with Crippen LogP contribution in [-0.4, -0.2) is 5.97 Å². The van der Waals surface area contributed by atoms with Gasteiger partial charge in [0.25, 0.3) is 0 Å². The van der Waals surface area contributed by atoms with Crippen molar-refractivity contribution in [3.05, 3.63) is 39.2 Å². The maximum absolute atomic E-state index is 11.9. The van der Waals surface area contributed by atoms with Crippen molar-refractivity contribution in [2.24, 2.45) is 0 Å². The molecule has 0 aliphatic heterocycles. The summed E-state index contributed by atoms with van der Waals surface area (Å²) < 4.78 is 10.5. The molecule has 4 heteroatoms. The van der Waals surface area contributed by atoms with Crippen LogP contribution in [0.3, 0.4) is 0 Å². The summed E-state index contributed by atoms with van der Waals surface area (Å²) >= 11 is 0. The summed E-state index contributed by atoms with van der Waals surface area (Å²) in [5, 5.41) is 0.959. The van der Waals surface area contributed by atoms with Crippen LogP contribution in [0.4, 0.5) is 0 Å². The zero-order valence-electron chi connectivity index (χ0n) is 10.9. The molecule has 0 N–H and O–H groups in total. The van der Waals surface area contributed by atoms with E-state index in [1.165, 1.54) is 6.92 Å². The van der Waals surface area contributed by atoms with E-state index in [0.717, 1.165) is 35.8 Å². The zero-order chi connectivity index (χ0) is 13.6. The normalized spacial score (nSPS) is 13.6. The van der Waals surface area contributed by atoms with Gasteiger partial charge in [-0.15, -0.1) is 0 Å². The van der Waals surface area contributed by atoms with Crippen molar-refractivity contribution in [3.63, 3.8) is 0 Å². The standard InChI is InChI=1S/C15H14O4/c1-8-13(18-9(2)16)7-6-11-10-4-3-5-12(10)15(17)19-14(8)11/h6-7H,3-5H2,1-2H3. The summed E-state index contributed by atoms with van der Waals surface area (Å²) in [6.45, 7) is 3.15. The van der Waals surface area contributed by atoms with Crippen molar-refractivity contribution in [3.8, 4) is 5.75 Å². The largest absolute Gasteiger partial charge is 0.426 e. The minimum Gasteiger partial charge on any atom is -0.426 e. The molecule has 98 valence electrons. The molecule has 0 radical (unpaired) electrons. The molecule has 3 rings (SSSR count). The third-order valence-corrected chi connectivity index (χ3v) is 3.59. The van der Waals surface area contributed by atoms with Gasteiger partial charge < -0.3 is 9.15 Å². The summed E-state index contributed by atoms with van der Waals surface area (Å²) in [5.41, 5.74) is 2.85. The van der Waals surface area contributed by atoms with E-state index < -0.39 is 0 Å². The van der Waals surface area contributed by atoms with Gasteiger partial charge in [-0.25, -0.2) is 4.79 Å². The van der Waals surface area contributed by atoms with Gasteiger partial charge in [-0.05, 0) is 43.9 Å². The number of rotatable bonds is 1.